The third kappa shape index (κ3) is 2.89. The highest BCUT2D eigenvalue weighted by Crippen LogP contribution is 2.39. The van der Waals surface area contributed by atoms with E-state index in [1.807, 2.05) is 0 Å². The molecule has 0 bridgehead atoms. The van der Waals surface area contributed by atoms with Gasteiger partial charge in [-0.05, 0) is 50.0 Å². The number of hydrogen-bond donors (Lipinski definition) is 1. The van der Waals surface area contributed by atoms with Crippen LogP contribution >= 0.6 is 0 Å². The summed E-state index contributed by atoms with van der Waals surface area (Å²) in [6, 6.07) is 0.547. The summed E-state index contributed by atoms with van der Waals surface area (Å²) in [5, 5.41) is 0. The molecule has 2 atom stereocenters. The van der Waals surface area contributed by atoms with Crippen molar-refractivity contribution >= 4 is 0 Å². The molecule has 0 radical (unpaired) electrons. The van der Waals surface area contributed by atoms with Gasteiger partial charge in [-0.1, -0.05) is 13.8 Å². The average Bonchev–Trinajstić information content (AvgIpc) is 2.86. The molecule has 2 rings (SSSR count). The van der Waals surface area contributed by atoms with Gasteiger partial charge in [-0.3, -0.25) is 4.90 Å². The summed E-state index contributed by atoms with van der Waals surface area (Å²) < 4.78 is 5.65. The molecule has 2 fully saturated rings. The van der Waals surface area contributed by atoms with Crippen LogP contribution in [0, 0.1) is 11.3 Å². The number of nitrogens with zero attached hydrogens (tertiary/aromatic N) is 1. The van der Waals surface area contributed by atoms with Crippen LogP contribution in [0.15, 0.2) is 0 Å². The van der Waals surface area contributed by atoms with Gasteiger partial charge in [0.15, 0.2) is 0 Å². The Hall–Kier alpha value is -0.120. The fourth-order valence-corrected chi connectivity index (χ4v) is 3.79. The minimum Gasteiger partial charge on any atom is -0.381 e. The quantitative estimate of drug-likeness (QED) is 0.818. The topological polar surface area (TPSA) is 38.5 Å². The van der Waals surface area contributed by atoms with Crippen molar-refractivity contribution in [2.45, 2.75) is 52.0 Å². The molecule has 2 heterocycles. The summed E-state index contributed by atoms with van der Waals surface area (Å²) in [6.07, 6.45) is 6.46. The van der Waals surface area contributed by atoms with E-state index in [2.05, 4.69) is 18.7 Å². The van der Waals surface area contributed by atoms with E-state index in [0.717, 1.165) is 19.8 Å². The lowest BCUT2D eigenvalue weighted by Gasteiger charge is -2.37. The zero-order valence-electron chi connectivity index (χ0n) is 12.2. The fraction of sp³-hybridized carbons (Fsp3) is 1.00. The van der Waals surface area contributed by atoms with Crippen LogP contribution in [0.4, 0.5) is 0 Å². The van der Waals surface area contributed by atoms with Gasteiger partial charge in [0, 0.05) is 25.7 Å². The van der Waals surface area contributed by atoms with Crippen LogP contribution in [-0.4, -0.2) is 43.8 Å². The molecule has 0 spiro atoms. The Bertz CT molecular complexity index is 247. The number of hydrogen-bond acceptors (Lipinski definition) is 3. The third-order valence-corrected chi connectivity index (χ3v) is 5.42. The van der Waals surface area contributed by atoms with Gasteiger partial charge in [0.2, 0.25) is 0 Å². The van der Waals surface area contributed by atoms with Gasteiger partial charge < -0.3 is 10.5 Å². The summed E-state index contributed by atoms with van der Waals surface area (Å²) in [4.78, 5) is 2.66. The second-order valence-electron chi connectivity index (χ2n) is 6.21. The molecule has 0 saturated carbocycles. The van der Waals surface area contributed by atoms with Crippen LogP contribution < -0.4 is 5.73 Å². The van der Waals surface area contributed by atoms with Crippen LogP contribution in [0.5, 0.6) is 0 Å². The van der Waals surface area contributed by atoms with E-state index < -0.39 is 0 Å². The van der Waals surface area contributed by atoms with Crippen molar-refractivity contribution in [3.63, 3.8) is 0 Å². The number of ether oxygens (including phenoxy) is 1. The van der Waals surface area contributed by atoms with Gasteiger partial charge in [-0.15, -0.1) is 0 Å². The van der Waals surface area contributed by atoms with Gasteiger partial charge in [0.1, 0.15) is 0 Å². The highest BCUT2D eigenvalue weighted by molar-refractivity contribution is 4.93. The molecule has 3 heteroatoms. The Labute approximate surface area is 112 Å². The lowest BCUT2D eigenvalue weighted by atomic mass is 9.81. The lowest BCUT2D eigenvalue weighted by molar-refractivity contribution is 0.0138. The first-order valence-electron chi connectivity index (χ1n) is 7.76. The van der Waals surface area contributed by atoms with Crippen LogP contribution in [0.1, 0.15) is 46.0 Å². The molecule has 2 saturated heterocycles. The third-order valence-electron chi connectivity index (χ3n) is 5.42. The summed E-state index contributed by atoms with van der Waals surface area (Å²) in [5.74, 6) is 0.660. The molecule has 2 aliphatic heterocycles. The SMILES string of the molecule is CCC1(CC)CCN(C(CN)C2CCCOC2)C1. The Kier molecular flexibility index (Phi) is 5.05. The second kappa shape index (κ2) is 6.36. The molecule has 0 aliphatic carbocycles. The van der Waals surface area contributed by atoms with Gasteiger partial charge in [0.25, 0.3) is 0 Å². The minimum absolute atomic E-state index is 0.547. The van der Waals surface area contributed by atoms with E-state index in [1.54, 1.807) is 0 Å². The highest BCUT2D eigenvalue weighted by Gasteiger charge is 2.39. The van der Waals surface area contributed by atoms with Crippen molar-refractivity contribution in [1.29, 1.82) is 0 Å². The highest BCUT2D eigenvalue weighted by atomic mass is 16.5. The molecule has 0 aromatic carbocycles. The molecular weight excluding hydrogens is 224 g/mol. The van der Waals surface area contributed by atoms with E-state index in [4.69, 9.17) is 10.5 Å². The standard InChI is InChI=1S/C15H30N2O/c1-3-15(4-2)7-8-17(12-15)14(10-16)13-6-5-9-18-11-13/h13-14H,3-12,16H2,1-2H3. The predicted molar refractivity (Wildman–Crippen MR) is 75.6 cm³/mol. The van der Waals surface area contributed by atoms with Crippen molar-refractivity contribution < 1.29 is 4.74 Å². The van der Waals surface area contributed by atoms with E-state index in [-0.39, 0.29) is 0 Å². The Balaban J connectivity index is 1.96. The molecule has 0 aromatic heterocycles. The van der Waals surface area contributed by atoms with Crippen LogP contribution in [0.25, 0.3) is 0 Å². The van der Waals surface area contributed by atoms with Crippen molar-refractivity contribution in [3.05, 3.63) is 0 Å². The summed E-state index contributed by atoms with van der Waals surface area (Å²) in [6.45, 7) is 9.82. The van der Waals surface area contributed by atoms with Gasteiger partial charge >= 0.3 is 0 Å². The largest absolute Gasteiger partial charge is 0.381 e. The Morgan fingerprint density at radius 2 is 2.17 bits per heavy atom. The van der Waals surface area contributed by atoms with E-state index in [9.17, 15) is 0 Å². The number of rotatable bonds is 5. The number of nitrogens with two attached hydrogens (primary N) is 1. The van der Waals surface area contributed by atoms with Crippen molar-refractivity contribution in [3.8, 4) is 0 Å². The maximum atomic E-state index is 6.06. The van der Waals surface area contributed by atoms with Crippen molar-refractivity contribution in [2.24, 2.45) is 17.1 Å². The van der Waals surface area contributed by atoms with Crippen molar-refractivity contribution in [2.75, 3.05) is 32.8 Å². The molecule has 106 valence electrons. The van der Waals surface area contributed by atoms with Crippen LogP contribution in [0.2, 0.25) is 0 Å². The summed E-state index contributed by atoms with van der Waals surface area (Å²) >= 11 is 0. The normalized spacial score (nSPS) is 30.5. The first-order valence-corrected chi connectivity index (χ1v) is 7.76. The molecule has 0 amide bonds. The van der Waals surface area contributed by atoms with E-state index in [1.165, 1.54) is 45.2 Å². The molecular formula is C15H30N2O. The second-order valence-corrected chi connectivity index (χ2v) is 6.21. The Morgan fingerprint density at radius 3 is 2.67 bits per heavy atom. The number of likely N-dealkylation sites (tertiary alicyclic amines) is 1. The maximum absolute atomic E-state index is 6.06. The summed E-state index contributed by atoms with van der Waals surface area (Å²) in [5.41, 5.74) is 6.62. The van der Waals surface area contributed by atoms with Crippen LogP contribution in [-0.2, 0) is 4.74 Å². The van der Waals surface area contributed by atoms with E-state index in [0.29, 0.717) is 17.4 Å². The molecule has 2 N–H and O–H groups in total. The molecule has 2 unspecified atom stereocenters. The molecule has 0 aromatic rings. The van der Waals surface area contributed by atoms with Crippen molar-refractivity contribution in [1.82, 2.24) is 4.90 Å². The van der Waals surface area contributed by atoms with Gasteiger partial charge in [0.05, 0.1) is 6.61 Å². The maximum Gasteiger partial charge on any atom is 0.0509 e. The minimum atomic E-state index is 0.547. The monoisotopic (exact) mass is 254 g/mol. The molecule has 2 aliphatic rings. The molecule has 3 nitrogen and oxygen atoms in total. The zero-order valence-corrected chi connectivity index (χ0v) is 12.2. The first kappa shape index (κ1) is 14.3. The zero-order chi connectivity index (χ0) is 13.0. The average molecular weight is 254 g/mol. The Morgan fingerprint density at radius 1 is 1.39 bits per heavy atom. The predicted octanol–water partition coefficient (Wildman–Crippen LogP) is 2.25. The fourth-order valence-electron chi connectivity index (χ4n) is 3.79. The lowest BCUT2D eigenvalue weighted by Crippen LogP contribution is -2.47. The van der Waals surface area contributed by atoms with E-state index >= 15 is 0 Å². The first-order chi connectivity index (χ1) is 8.74. The smallest absolute Gasteiger partial charge is 0.0509 e. The molecule has 18 heavy (non-hydrogen) atoms. The van der Waals surface area contributed by atoms with Crippen LogP contribution in [0.3, 0.4) is 0 Å². The summed E-state index contributed by atoms with van der Waals surface area (Å²) in [7, 11) is 0. The van der Waals surface area contributed by atoms with Gasteiger partial charge in [-0.25, -0.2) is 0 Å². The van der Waals surface area contributed by atoms with Gasteiger partial charge in [-0.2, -0.15) is 0 Å².